The van der Waals surface area contributed by atoms with Gasteiger partial charge in [0.1, 0.15) is 5.60 Å². The van der Waals surface area contributed by atoms with Crippen molar-refractivity contribution >= 4 is 17.7 Å². The lowest BCUT2D eigenvalue weighted by molar-refractivity contribution is 0.0220. The van der Waals surface area contributed by atoms with Gasteiger partial charge in [0, 0.05) is 29.9 Å². The molecule has 0 spiro atoms. The van der Waals surface area contributed by atoms with Crippen LogP contribution in [0.2, 0.25) is 0 Å². The van der Waals surface area contributed by atoms with Crippen LogP contribution >= 0.6 is 0 Å². The van der Waals surface area contributed by atoms with Crippen molar-refractivity contribution in [2.45, 2.75) is 58.1 Å². The van der Waals surface area contributed by atoms with Gasteiger partial charge in [0.25, 0.3) is 0 Å². The normalized spacial score (nSPS) is 15.9. The van der Waals surface area contributed by atoms with Crippen molar-refractivity contribution in [3.8, 4) is 11.5 Å². The van der Waals surface area contributed by atoms with E-state index in [1.807, 2.05) is 51.2 Å². The van der Waals surface area contributed by atoms with E-state index < -0.39 is 5.60 Å². The first-order valence-corrected chi connectivity index (χ1v) is 10.9. The Kier molecular flexibility index (Phi) is 5.03. The number of fused-ring (bicyclic) bond motifs is 1. The number of nitrogens with zero attached hydrogens (tertiary/aromatic N) is 5. The molecule has 0 atom stereocenters. The van der Waals surface area contributed by atoms with Gasteiger partial charge in [-0.25, -0.2) is 14.8 Å². The highest BCUT2D eigenvalue weighted by Crippen LogP contribution is 2.40. The number of carbonyl (C=O) groups excluding carboxylic acids is 1. The summed E-state index contributed by atoms with van der Waals surface area (Å²) in [6.45, 7) is 6.59. The van der Waals surface area contributed by atoms with Crippen LogP contribution in [0.3, 0.4) is 0 Å². The van der Waals surface area contributed by atoms with Crippen LogP contribution in [0.4, 0.5) is 16.4 Å². The second-order valence-electron chi connectivity index (χ2n) is 9.24. The molecule has 2 aliphatic rings. The Hall–Kier alpha value is -3.49. The van der Waals surface area contributed by atoms with E-state index in [0.29, 0.717) is 37.3 Å². The largest absolute Gasteiger partial charge is 0.444 e. The molecule has 3 aromatic rings. The third-order valence-corrected chi connectivity index (χ3v) is 5.35. The maximum atomic E-state index is 12.4. The molecule has 166 valence electrons. The van der Waals surface area contributed by atoms with Gasteiger partial charge >= 0.3 is 6.09 Å². The highest BCUT2D eigenvalue weighted by molar-refractivity contribution is 5.68. The lowest BCUT2D eigenvalue weighted by atomic mass is 10.1. The minimum Gasteiger partial charge on any atom is -0.444 e. The molecule has 9 heteroatoms. The first kappa shape index (κ1) is 20.4. The molecule has 3 heterocycles. The second-order valence-corrected chi connectivity index (χ2v) is 9.24. The molecule has 0 saturated heterocycles. The van der Waals surface area contributed by atoms with Crippen LogP contribution in [0.1, 0.15) is 56.7 Å². The minimum absolute atomic E-state index is 0.322. The average Bonchev–Trinajstić information content (AvgIpc) is 3.49. The molecule has 32 heavy (non-hydrogen) atoms. The molecule has 1 saturated carbocycles. The Balaban J connectivity index is 1.26. The Bertz CT molecular complexity index is 1130. The van der Waals surface area contributed by atoms with Gasteiger partial charge in [0.15, 0.2) is 0 Å². The molecule has 2 aromatic heterocycles. The molecule has 1 aliphatic carbocycles. The third-order valence-electron chi connectivity index (χ3n) is 5.35. The number of benzene rings is 1. The van der Waals surface area contributed by atoms with Crippen molar-refractivity contribution in [2.75, 3.05) is 11.9 Å². The van der Waals surface area contributed by atoms with E-state index in [-0.39, 0.29) is 6.09 Å². The first-order chi connectivity index (χ1) is 15.3. The van der Waals surface area contributed by atoms with Crippen LogP contribution in [-0.2, 0) is 17.7 Å². The number of rotatable bonds is 4. The summed E-state index contributed by atoms with van der Waals surface area (Å²) >= 11 is 0. The van der Waals surface area contributed by atoms with E-state index in [1.54, 1.807) is 4.90 Å². The Labute approximate surface area is 186 Å². The summed E-state index contributed by atoms with van der Waals surface area (Å²) < 4.78 is 11.3. The summed E-state index contributed by atoms with van der Waals surface area (Å²) in [6.07, 6.45) is 4.46. The molecule has 9 nitrogen and oxygen atoms in total. The van der Waals surface area contributed by atoms with Gasteiger partial charge in [-0.05, 0) is 69.9 Å². The first-order valence-electron chi connectivity index (χ1n) is 10.9. The van der Waals surface area contributed by atoms with Crippen molar-refractivity contribution in [3.05, 3.63) is 47.6 Å². The van der Waals surface area contributed by atoms with Gasteiger partial charge in [-0.3, -0.25) is 0 Å². The van der Waals surface area contributed by atoms with Gasteiger partial charge in [0.2, 0.25) is 17.7 Å². The molecule has 1 aliphatic heterocycles. The maximum absolute atomic E-state index is 12.4. The molecular formula is C23H26N6O3. The zero-order valence-electron chi connectivity index (χ0n) is 18.5. The summed E-state index contributed by atoms with van der Waals surface area (Å²) in [5, 5.41) is 11.5. The van der Waals surface area contributed by atoms with Gasteiger partial charge in [-0.2, -0.15) is 0 Å². The lowest BCUT2D eigenvalue weighted by Crippen LogP contribution is -2.40. The fourth-order valence-electron chi connectivity index (χ4n) is 3.52. The number of nitrogens with one attached hydrogen (secondary N) is 1. The van der Waals surface area contributed by atoms with Crippen LogP contribution in [0, 0.1) is 0 Å². The number of amides is 1. The van der Waals surface area contributed by atoms with Crippen LogP contribution in [0.15, 0.2) is 34.9 Å². The second kappa shape index (κ2) is 7.89. The predicted molar refractivity (Wildman–Crippen MR) is 117 cm³/mol. The van der Waals surface area contributed by atoms with Crippen molar-refractivity contribution < 1.29 is 13.9 Å². The topological polar surface area (TPSA) is 106 Å². The molecule has 1 fully saturated rings. The number of ether oxygens (including phenoxy) is 1. The van der Waals surface area contributed by atoms with Crippen molar-refractivity contribution in [2.24, 2.45) is 0 Å². The Morgan fingerprint density at radius 2 is 1.97 bits per heavy atom. The SMILES string of the molecule is CC(C)(C)OC(=O)N1CCc2cnc(Nc3ccc(-c4nnc(C5CC5)o4)cc3)nc2C1. The molecular weight excluding hydrogens is 408 g/mol. The van der Waals surface area contributed by atoms with E-state index in [1.165, 1.54) is 0 Å². The Morgan fingerprint density at radius 1 is 1.19 bits per heavy atom. The number of hydrogen-bond donors (Lipinski definition) is 1. The van der Waals surface area contributed by atoms with E-state index in [4.69, 9.17) is 9.15 Å². The highest BCUT2D eigenvalue weighted by Gasteiger charge is 2.29. The monoisotopic (exact) mass is 434 g/mol. The molecule has 1 aromatic carbocycles. The fourth-order valence-corrected chi connectivity index (χ4v) is 3.52. The van der Waals surface area contributed by atoms with E-state index in [9.17, 15) is 4.79 Å². The van der Waals surface area contributed by atoms with Crippen molar-refractivity contribution in [1.29, 1.82) is 0 Å². The predicted octanol–water partition coefficient (Wildman–Crippen LogP) is 4.44. The molecule has 0 radical (unpaired) electrons. The fraction of sp³-hybridized carbons (Fsp3) is 0.435. The lowest BCUT2D eigenvalue weighted by Gasteiger charge is -2.30. The zero-order valence-corrected chi connectivity index (χ0v) is 18.5. The van der Waals surface area contributed by atoms with E-state index in [0.717, 1.165) is 41.2 Å². The molecule has 1 amide bonds. The van der Waals surface area contributed by atoms with Crippen LogP contribution in [0.25, 0.3) is 11.5 Å². The van der Waals surface area contributed by atoms with Crippen LogP contribution < -0.4 is 5.32 Å². The average molecular weight is 435 g/mol. The Morgan fingerprint density at radius 3 is 2.69 bits per heavy atom. The summed E-state index contributed by atoms with van der Waals surface area (Å²) in [5.41, 5.74) is 3.07. The number of carbonyl (C=O) groups is 1. The minimum atomic E-state index is -0.525. The summed E-state index contributed by atoms with van der Waals surface area (Å²) in [6, 6.07) is 7.70. The molecule has 1 N–H and O–H groups in total. The van der Waals surface area contributed by atoms with Gasteiger partial charge in [-0.15, -0.1) is 10.2 Å². The summed E-state index contributed by atoms with van der Waals surface area (Å²) in [5.74, 6) is 2.18. The van der Waals surface area contributed by atoms with Gasteiger partial charge < -0.3 is 19.4 Å². The maximum Gasteiger partial charge on any atom is 0.410 e. The van der Waals surface area contributed by atoms with Crippen LogP contribution in [0.5, 0.6) is 0 Å². The molecule has 0 unspecified atom stereocenters. The molecule has 0 bridgehead atoms. The third kappa shape index (κ3) is 4.56. The smallest absolute Gasteiger partial charge is 0.410 e. The summed E-state index contributed by atoms with van der Waals surface area (Å²) in [4.78, 5) is 23.2. The highest BCUT2D eigenvalue weighted by atomic mass is 16.6. The van der Waals surface area contributed by atoms with E-state index in [2.05, 4.69) is 25.5 Å². The number of hydrogen-bond acceptors (Lipinski definition) is 8. The zero-order chi connectivity index (χ0) is 22.3. The number of anilines is 2. The summed E-state index contributed by atoms with van der Waals surface area (Å²) in [7, 11) is 0. The van der Waals surface area contributed by atoms with Gasteiger partial charge in [0.05, 0.1) is 12.2 Å². The van der Waals surface area contributed by atoms with Crippen LogP contribution in [-0.4, -0.2) is 43.3 Å². The van der Waals surface area contributed by atoms with E-state index >= 15 is 0 Å². The van der Waals surface area contributed by atoms with Gasteiger partial charge in [-0.1, -0.05) is 0 Å². The van der Waals surface area contributed by atoms with Crippen molar-refractivity contribution in [3.63, 3.8) is 0 Å². The quantitative estimate of drug-likeness (QED) is 0.642. The molecule has 5 rings (SSSR count). The standard InChI is InChI=1S/C23H26N6O3/c1-23(2,3)32-22(30)29-11-10-16-12-24-21(26-18(16)13-29)25-17-8-6-15(7-9-17)20-28-27-19(31-20)14-4-5-14/h6-9,12,14H,4-5,10-11,13H2,1-3H3,(H,24,25,26). The van der Waals surface area contributed by atoms with Crippen molar-refractivity contribution in [1.82, 2.24) is 25.1 Å². The number of aromatic nitrogens is 4.